The summed E-state index contributed by atoms with van der Waals surface area (Å²) >= 11 is 0. The quantitative estimate of drug-likeness (QED) is 0.0530. The molecule has 0 spiro atoms. The number of rotatable bonds is 15. The van der Waals surface area contributed by atoms with Crippen LogP contribution in [0.15, 0.2) is 54.6 Å². The molecule has 0 bridgehead atoms. The number of nitro groups is 1. The van der Waals surface area contributed by atoms with Crippen LogP contribution in [0.5, 0.6) is 11.5 Å². The summed E-state index contributed by atoms with van der Waals surface area (Å²) in [5, 5.41) is 20.4. The Morgan fingerprint density at radius 2 is 1.67 bits per heavy atom. The van der Waals surface area contributed by atoms with E-state index in [-0.39, 0.29) is 11.7 Å². The van der Waals surface area contributed by atoms with Gasteiger partial charge in [0.05, 0.1) is 36.9 Å². The summed E-state index contributed by atoms with van der Waals surface area (Å²) < 4.78 is 16.4. The van der Waals surface area contributed by atoms with E-state index in [1.165, 1.54) is 12.1 Å². The summed E-state index contributed by atoms with van der Waals surface area (Å²) in [6.45, 7) is 6.19. The number of hydrogen-bond acceptors (Lipinski definition) is 7. The zero-order chi connectivity index (χ0) is 26.3. The molecule has 0 aliphatic rings. The number of allylic oxidation sites excluding steroid dienone is 1. The van der Waals surface area contributed by atoms with Crippen molar-refractivity contribution in [3.05, 3.63) is 75.9 Å². The smallest absolute Gasteiger partial charge is 0.333 e. The zero-order valence-electron chi connectivity index (χ0n) is 20.8. The minimum absolute atomic E-state index is 0.0270. The average molecular weight is 493 g/mol. The monoisotopic (exact) mass is 492 g/mol. The maximum Gasteiger partial charge on any atom is 0.333 e. The number of unbranched alkanes of at least 4 members (excludes halogenated alkanes) is 5. The van der Waals surface area contributed by atoms with Gasteiger partial charge in [-0.05, 0) is 61.2 Å². The van der Waals surface area contributed by atoms with Crippen molar-refractivity contribution in [1.82, 2.24) is 0 Å². The molecule has 0 aromatic heterocycles. The Labute approximate surface area is 211 Å². The summed E-state index contributed by atoms with van der Waals surface area (Å²) in [4.78, 5) is 21.7. The standard InChI is InChI=1S/C28H32N2O6/c1-21(2)28(31)36-17-9-7-5-4-6-8-16-35-26-15-10-22(19-27(26)34-3)18-24(20-29)23-11-13-25(14-12-23)30(32)33/h10-15,18-19H,1,4-9,16-17H2,2-3H3/b24-18+. The number of ether oxygens (including phenoxy) is 3. The SMILES string of the molecule is C=C(C)C(=O)OCCCCCCCCOc1ccc(/C=C(\C#N)c2ccc([N+](=O)[O-])cc2)cc1OC. The Bertz CT molecular complexity index is 1120. The van der Waals surface area contributed by atoms with Crippen LogP contribution in [0, 0.1) is 21.4 Å². The van der Waals surface area contributed by atoms with Crippen LogP contribution in [-0.2, 0) is 9.53 Å². The molecular weight excluding hydrogens is 460 g/mol. The molecule has 0 aliphatic carbocycles. The Kier molecular flexibility index (Phi) is 11.7. The third-order valence-electron chi connectivity index (χ3n) is 5.39. The van der Waals surface area contributed by atoms with Crippen molar-refractivity contribution >= 4 is 23.3 Å². The van der Waals surface area contributed by atoms with E-state index in [9.17, 15) is 20.2 Å². The van der Waals surface area contributed by atoms with Gasteiger partial charge in [-0.25, -0.2) is 4.79 Å². The van der Waals surface area contributed by atoms with Gasteiger partial charge in [-0.3, -0.25) is 10.1 Å². The largest absolute Gasteiger partial charge is 0.493 e. The van der Waals surface area contributed by atoms with Crippen LogP contribution in [-0.4, -0.2) is 31.2 Å². The van der Waals surface area contributed by atoms with Crippen LogP contribution in [0.1, 0.15) is 56.6 Å². The van der Waals surface area contributed by atoms with E-state index in [2.05, 4.69) is 12.6 Å². The first-order valence-corrected chi connectivity index (χ1v) is 11.9. The van der Waals surface area contributed by atoms with Gasteiger partial charge >= 0.3 is 5.97 Å². The van der Waals surface area contributed by atoms with Gasteiger partial charge in [-0.1, -0.05) is 38.3 Å². The predicted octanol–water partition coefficient (Wildman–Crippen LogP) is 6.51. The fourth-order valence-corrected chi connectivity index (χ4v) is 3.38. The van der Waals surface area contributed by atoms with Crippen molar-refractivity contribution < 1.29 is 23.9 Å². The molecule has 0 atom stereocenters. The highest BCUT2D eigenvalue weighted by Crippen LogP contribution is 2.30. The highest BCUT2D eigenvalue weighted by Gasteiger charge is 2.09. The number of benzene rings is 2. The minimum atomic E-state index is -0.476. The number of methoxy groups -OCH3 is 1. The molecule has 2 aromatic rings. The van der Waals surface area contributed by atoms with Crippen LogP contribution >= 0.6 is 0 Å². The normalized spacial score (nSPS) is 10.9. The molecule has 2 rings (SSSR count). The number of non-ortho nitro benzene ring substituents is 1. The van der Waals surface area contributed by atoms with Crippen molar-refractivity contribution in [3.63, 3.8) is 0 Å². The van der Waals surface area contributed by atoms with E-state index in [1.807, 2.05) is 12.1 Å². The lowest BCUT2D eigenvalue weighted by molar-refractivity contribution is -0.384. The maximum atomic E-state index is 11.3. The molecule has 8 nitrogen and oxygen atoms in total. The minimum Gasteiger partial charge on any atom is -0.493 e. The third kappa shape index (κ3) is 9.26. The second-order valence-corrected chi connectivity index (χ2v) is 8.27. The molecule has 0 aliphatic heterocycles. The molecular formula is C28H32N2O6. The summed E-state index contributed by atoms with van der Waals surface area (Å²) in [6, 6.07) is 13.4. The fourth-order valence-electron chi connectivity index (χ4n) is 3.38. The Hall–Kier alpha value is -4.12. The summed E-state index contributed by atoms with van der Waals surface area (Å²) in [7, 11) is 1.56. The van der Waals surface area contributed by atoms with Gasteiger partial charge < -0.3 is 14.2 Å². The van der Waals surface area contributed by atoms with Crippen molar-refractivity contribution in [2.45, 2.75) is 45.4 Å². The van der Waals surface area contributed by atoms with Gasteiger partial charge in [-0.2, -0.15) is 5.26 Å². The van der Waals surface area contributed by atoms with Gasteiger partial charge in [0.15, 0.2) is 11.5 Å². The van der Waals surface area contributed by atoms with Crippen LogP contribution in [0.25, 0.3) is 11.6 Å². The fraction of sp³-hybridized carbons (Fsp3) is 0.357. The molecule has 0 unspecified atom stereocenters. The van der Waals surface area contributed by atoms with Gasteiger partial charge in [0.1, 0.15) is 0 Å². The number of esters is 1. The van der Waals surface area contributed by atoms with Gasteiger partial charge in [-0.15, -0.1) is 0 Å². The second-order valence-electron chi connectivity index (χ2n) is 8.27. The lowest BCUT2D eigenvalue weighted by Gasteiger charge is -2.11. The van der Waals surface area contributed by atoms with Crippen molar-refractivity contribution in [1.29, 1.82) is 5.26 Å². The maximum absolute atomic E-state index is 11.3. The Morgan fingerprint density at radius 1 is 1.03 bits per heavy atom. The number of nitrogens with zero attached hydrogens (tertiary/aromatic N) is 2. The van der Waals surface area contributed by atoms with E-state index in [1.54, 1.807) is 38.3 Å². The third-order valence-corrected chi connectivity index (χ3v) is 5.39. The number of hydrogen-bond donors (Lipinski definition) is 0. The molecule has 0 saturated heterocycles. The molecule has 0 amide bonds. The molecule has 36 heavy (non-hydrogen) atoms. The van der Waals surface area contributed by atoms with Crippen LogP contribution < -0.4 is 9.47 Å². The topological polar surface area (TPSA) is 112 Å². The summed E-state index contributed by atoms with van der Waals surface area (Å²) in [6.07, 6.45) is 7.67. The van der Waals surface area contributed by atoms with Gasteiger partial charge in [0.2, 0.25) is 0 Å². The number of nitro benzene ring substituents is 1. The molecule has 0 fully saturated rings. The lowest BCUT2D eigenvalue weighted by Crippen LogP contribution is -2.06. The van der Waals surface area contributed by atoms with Crippen molar-refractivity contribution in [3.8, 4) is 17.6 Å². The van der Waals surface area contributed by atoms with Crippen molar-refractivity contribution in [2.24, 2.45) is 0 Å². The first-order valence-electron chi connectivity index (χ1n) is 11.9. The van der Waals surface area contributed by atoms with E-state index in [0.29, 0.717) is 41.4 Å². The van der Waals surface area contributed by atoms with Gasteiger partial charge in [0, 0.05) is 17.7 Å². The average Bonchev–Trinajstić information content (AvgIpc) is 2.88. The van der Waals surface area contributed by atoms with Gasteiger partial charge in [0.25, 0.3) is 5.69 Å². The van der Waals surface area contributed by atoms with E-state index in [0.717, 1.165) is 44.1 Å². The van der Waals surface area contributed by atoms with Crippen LogP contribution in [0.2, 0.25) is 0 Å². The molecule has 8 heteroatoms. The highest BCUT2D eigenvalue weighted by molar-refractivity contribution is 5.90. The zero-order valence-corrected chi connectivity index (χ0v) is 20.8. The predicted molar refractivity (Wildman–Crippen MR) is 139 cm³/mol. The molecule has 2 aromatic carbocycles. The lowest BCUT2D eigenvalue weighted by atomic mass is 10.0. The van der Waals surface area contributed by atoms with Crippen molar-refractivity contribution in [2.75, 3.05) is 20.3 Å². The van der Waals surface area contributed by atoms with E-state index < -0.39 is 4.92 Å². The van der Waals surface area contributed by atoms with E-state index >= 15 is 0 Å². The summed E-state index contributed by atoms with van der Waals surface area (Å²) in [5.41, 5.74) is 2.13. The number of nitriles is 1. The number of carbonyl (C=O) groups excluding carboxylic acids is 1. The first-order chi connectivity index (χ1) is 17.3. The molecule has 0 heterocycles. The molecule has 0 saturated carbocycles. The Morgan fingerprint density at radius 3 is 2.25 bits per heavy atom. The number of carbonyl (C=O) groups is 1. The van der Waals surface area contributed by atoms with E-state index in [4.69, 9.17) is 14.2 Å². The molecule has 0 N–H and O–H groups in total. The summed E-state index contributed by atoms with van der Waals surface area (Å²) in [5.74, 6) is 0.860. The molecule has 190 valence electrons. The Balaban J connectivity index is 1.80. The highest BCUT2D eigenvalue weighted by atomic mass is 16.6. The van der Waals surface area contributed by atoms with Crippen LogP contribution in [0.3, 0.4) is 0 Å². The first kappa shape index (κ1) is 28.1. The second kappa shape index (κ2) is 15.0. The van der Waals surface area contributed by atoms with Crippen LogP contribution in [0.4, 0.5) is 5.69 Å². The molecule has 0 radical (unpaired) electrons.